The first kappa shape index (κ1) is 11.2. The van der Waals surface area contributed by atoms with Crippen LogP contribution in [0.3, 0.4) is 0 Å². The van der Waals surface area contributed by atoms with Crippen LogP contribution in [0.1, 0.15) is 26.2 Å². The smallest absolute Gasteiger partial charge is 0.326 e. The molecule has 78 valence electrons. The topological polar surface area (TPSA) is 83.6 Å². The summed E-state index contributed by atoms with van der Waals surface area (Å²) in [4.78, 5) is 17.8. The maximum atomic E-state index is 10.9. The molecule has 1 aliphatic rings. The molecule has 0 saturated heterocycles. The summed E-state index contributed by atoms with van der Waals surface area (Å²) in [5.74, 6) is 0.551. The van der Waals surface area contributed by atoms with E-state index in [4.69, 9.17) is 15.5 Å². The highest BCUT2D eigenvalue weighted by Crippen LogP contribution is 2.50. The molecule has 1 saturated carbocycles. The van der Waals surface area contributed by atoms with Gasteiger partial charge in [0.25, 0.3) is 0 Å². The summed E-state index contributed by atoms with van der Waals surface area (Å²) in [6.07, 6.45) is 2.71. The fourth-order valence-electron chi connectivity index (χ4n) is 2.33. The lowest BCUT2D eigenvalue weighted by Gasteiger charge is -2.27. The van der Waals surface area contributed by atoms with Gasteiger partial charge in [-0.15, -0.1) is 0 Å². The summed E-state index contributed by atoms with van der Waals surface area (Å²) in [5.41, 5.74) is 5.30. The van der Waals surface area contributed by atoms with Crippen molar-refractivity contribution < 1.29 is 14.4 Å². The first-order chi connectivity index (χ1) is 5.87. The fraction of sp³-hybridized carbons (Fsp3) is 1.00. The van der Waals surface area contributed by atoms with Gasteiger partial charge in [-0.2, -0.15) is 0 Å². The molecular weight excluding hydrogens is 189 g/mol. The maximum absolute atomic E-state index is 10.9. The van der Waals surface area contributed by atoms with E-state index in [1.807, 2.05) is 0 Å². The third kappa shape index (κ3) is 3.06. The Morgan fingerprint density at radius 2 is 2.23 bits per heavy atom. The van der Waals surface area contributed by atoms with Gasteiger partial charge >= 0.3 is 7.60 Å². The predicted octanol–water partition coefficient (Wildman–Crippen LogP) is 0.929. The number of hydrogen-bond donors (Lipinski definition) is 3. The normalized spacial score (nSPS) is 35.2. The Kier molecular flexibility index (Phi) is 3.18. The van der Waals surface area contributed by atoms with Crippen molar-refractivity contribution in [3.8, 4) is 0 Å². The largest absolute Gasteiger partial charge is 0.330 e. The van der Waals surface area contributed by atoms with Crippen molar-refractivity contribution in [2.45, 2.75) is 26.2 Å². The lowest BCUT2D eigenvalue weighted by molar-refractivity contribution is 0.296. The molecule has 1 fully saturated rings. The van der Waals surface area contributed by atoms with Crippen molar-refractivity contribution in [1.29, 1.82) is 0 Å². The van der Waals surface area contributed by atoms with Crippen LogP contribution in [0.2, 0.25) is 0 Å². The molecule has 0 heterocycles. The van der Waals surface area contributed by atoms with Crippen LogP contribution in [-0.4, -0.2) is 22.5 Å². The average molecular weight is 207 g/mol. The first-order valence-electron chi connectivity index (χ1n) is 4.62. The summed E-state index contributed by atoms with van der Waals surface area (Å²) in [7, 11) is -3.90. The molecule has 0 bridgehead atoms. The average Bonchev–Trinajstić information content (AvgIpc) is 2.29. The second kappa shape index (κ2) is 3.70. The first-order valence-corrected chi connectivity index (χ1v) is 6.41. The Balaban J connectivity index is 2.67. The molecule has 0 spiro atoms. The predicted molar refractivity (Wildman–Crippen MR) is 51.4 cm³/mol. The fourth-order valence-corrected chi connectivity index (χ4v) is 3.62. The second-order valence-corrected chi connectivity index (χ2v) is 6.02. The Labute approximate surface area is 78.7 Å². The Bertz CT molecular complexity index is 227. The molecule has 0 amide bonds. The van der Waals surface area contributed by atoms with Gasteiger partial charge < -0.3 is 15.5 Å². The van der Waals surface area contributed by atoms with E-state index in [0.29, 0.717) is 12.5 Å². The van der Waals surface area contributed by atoms with Crippen molar-refractivity contribution in [3.05, 3.63) is 0 Å². The molecule has 0 aliphatic heterocycles. The van der Waals surface area contributed by atoms with E-state index in [2.05, 4.69) is 6.92 Å². The third-order valence-corrected chi connectivity index (χ3v) is 4.01. The van der Waals surface area contributed by atoms with E-state index in [-0.39, 0.29) is 11.6 Å². The summed E-state index contributed by atoms with van der Waals surface area (Å²) >= 11 is 0. The molecule has 1 aliphatic carbocycles. The van der Waals surface area contributed by atoms with Gasteiger partial charge in [0, 0.05) is 0 Å². The highest BCUT2D eigenvalue weighted by atomic mass is 31.2. The molecule has 0 aromatic heterocycles. The van der Waals surface area contributed by atoms with Crippen LogP contribution in [0.25, 0.3) is 0 Å². The highest BCUT2D eigenvalue weighted by Gasteiger charge is 2.40. The maximum Gasteiger partial charge on any atom is 0.326 e. The number of rotatable bonds is 3. The third-order valence-electron chi connectivity index (χ3n) is 2.92. The van der Waals surface area contributed by atoms with Crippen LogP contribution >= 0.6 is 7.60 Å². The summed E-state index contributed by atoms with van der Waals surface area (Å²) in [5, 5.41) is 0. The SMILES string of the molecule is C[C@@H]1CC[C@](CN)(CP(=O)(O)O)C1. The second-order valence-electron chi connectivity index (χ2n) is 4.37. The molecule has 0 aromatic rings. The standard InChI is InChI=1S/C8H18NO3P/c1-7-2-3-8(4-7,5-9)6-13(10,11)12/h7H,2-6,9H2,1H3,(H2,10,11,12)/t7-,8+/m1/s1. The lowest BCUT2D eigenvalue weighted by Crippen LogP contribution is -2.31. The number of hydrogen-bond acceptors (Lipinski definition) is 2. The van der Waals surface area contributed by atoms with Gasteiger partial charge in [0.1, 0.15) is 0 Å². The van der Waals surface area contributed by atoms with Crippen LogP contribution in [0.4, 0.5) is 0 Å². The van der Waals surface area contributed by atoms with Crippen molar-refractivity contribution in [2.24, 2.45) is 17.1 Å². The monoisotopic (exact) mass is 207 g/mol. The van der Waals surface area contributed by atoms with E-state index in [9.17, 15) is 4.57 Å². The number of nitrogens with two attached hydrogens (primary N) is 1. The lowest BCUT2D eigenvalue weighted by atomic mass is 9.88. The molecule has 0 unspecified atom stereocenters. The van der Waals surface area contributed by atoms with Gasteiger partial charge in [0.2, 0.25) is 0 Å². The van der Waals surface area contributed by atoms with E-state index < -0.39 is 7.60 Å². The molecule has 0 aromatic carbocycles. The van der Waals surface area contributed by atoms with Crippen LogP contribution in [0, 0.1) is 11.3 Å². The zero-order chi connectivity index (χ0) is 10.1. The Morgan fingerprint density at radius 3 is 2.54 bits per heavy atom. The van der Waals surface area contributed by atoms with Gasteiger partial charge in [0.05, 0.1) is 6.16 Å². The van der Waals surface area contributed by atoms with Crippen LogP contribution in [0.5, 0.6) is 0 Å². The van der Waals surface area contributed by atoms with Crippen molar-refractivity contribution in [3.63, 3.8) is 0 Å². The van der Waals surface area contributed by atoms with Gasteiger partial charge in [-0.3, -0.25) is 4.57 Å². The quantitative estimate of drug-likeness (QED) is 0.601. The minimum Gasteiger partial charge on any atom is -0.330 e. The van der Waals surface area contributed by atoms with Crippen LogP contribution in [-0.2, 0) is 4.57 Å². The van der Waals surface area contributed by atoms with E-state index >= 15 is 0 Å². The summed E-state index contributed by atoms with van der Waals surface area (Å²) < 4.78 is 10.9. The minimum absolute atomic E-state index is 0.0408. The summed E-state index contributed by atoms with van der Waals surface area (Å²) in [6, 6.07) is 0. The summed E-state index contributed by atoms with van der Waals surface area (Å²) in [6.45, 7) is 2.50. The van der Waals surface area contributed by atoms with Crippen molar-refractivity contribution in [2.75, 3.05) is 12.7 Å². The zero-order valence-electron chi connectivity index (χ0n) is 7.94. The molecule has 5 heteroatoms. The molecular formula is C8H18NO3P. The van der Waals surface area contributed by atoms with Gasteiger partial charge in [-0.05, 0) is 30.7 Å². The minimum atomic E-state index is -3.90. The van der Waals surface area contributed by atoms with Crippen molar-refractivity contribution >= 4 is 7.60 Å². The zero-order valence-corrected chi connectivity index (χ0v) is 8.83. The highest BCUT2D eigenvalue weighted by molar-refractivity contribution is 7.51. The molecule has 4 nitrogen and oxygen atoms in total. The molecule has 2 atom stereocenters. The molecule has 0 radical (unpaired) electrons. The van der Waals surface area contributed by atoms with Gasteiger partial charge in [0.15, 0.2) is 0 Å². The van der Waals surface area contributed by atoms with Gasteiger partial charge in [-0.25, -0.2) is 0 Å². The Hall–Kier alpha value is 0.110. The molecule has 13 heavy (non-hydrogen) atoms. The van der Waals surface area contributed by atoms with Crippen molar-refractivity contribution in [1.82, 2.24) is 0 Å². The molecule has 4 N–H and O–H groups in total. The van der Waals surface area contributed by atoms with Gasteiger partial charge in [-0.1, -0.05) is 13.3 Å². The van der Waals surface area contributed by atoms with E-state index in [1.165, 1.54) is 0 Å². The van der Waals surface area contributed by atoms with Crippen LogP contribution < -0.4 is 5.73 Å². The van der Waals surface area contributed by atoms with Crippen LogP contribution in [0.15, 0.2) is 0 Å². The van der Waals surface area contributed by atoms with E-state index in [1.54, 1.807) is 0 Å². The Morgan fingerprint density at radius 1 is 1.62 bits per heavy atom. The molecule has 1 rings (SSSR count). The van der Waals surface area contributed by atoms with E-state index in [0.717, 1.165) is 19.3 Å².